The van der Waals surface area contributed by atoms with Gasteiger partial charge in [-0.05, 0) is 42.9 Å². The molecule has 2 aliphatic rings. The van der Waals surface area contributed by atoms with Crippen molar-refractivity contribution < 1.29 is 4.74 Å². The molecule has 2 aliphatic heterocycles. The molecule has 1 fully saturated rings. The number of halogens is 1. The van der Waals surface area contributed by atoms with Crippen molar-refractivity contribution in [2.45, 2.75) is 45.1 Å². The molecule has 1 unspecified atom stereocenters. The monoisotopic (exact) mass is 401 g/mol. The molecule has 1 aromatic carbocycles. The highest BCUT2D eigenvalue weighted by atomic mass is 35.5. The minimum absolute atomic E-state index is 0.00854. The van der Waals surface area contributed by atoms with Gasteiger partial charge >= 0.3 is 0 Å². The summed E-state index contributed by atoms with van der Waals surface area (Å²) in [6.45, 7) is 5.31. The maximum Gasteiger partial charge on any atom is 0.222 e. The van der Waals surface area contributed by atoms with Crippen molar-refractivity contribution in [1.29, 1.82) is 0 Å². The number of hydrogen-bond acceptors (Lipinski definition) is 6. The van der Waals surface area contributed by atoms with Gasteiger partial charge in [0.2, 0.25) is 5.95 Å². The first kappa shape index (κ1) is 19.3. The third kappa shape index (κ3) is 4.03. The fourth-order valence-electron chi connectivity index (χ4n) is 4.04. The molecule has 0 bridgehead atoms. The number of fused-ring (bicyclic) bond motifs is 1. The van der Waals surface area contributed by atoms with Crippen LogP contribution in [0.1, 0.15) is 49.0 Å². The van der Waals surface area contributed by atoms with Crippen LogP contribution < -0.4 is 16.0 Å². The van der Waals surface area contributed by atoms with E-state index in [9.17, 15) is 0 Å². The lowest BCUT2D eigenvalue weighted by Gasteiger charge is -2.32. The Morgan fingerprint density at radius 3 is 3.07 bits per heavy atom. The zero-order chi connectivity index (χ0) is 19.5. The van der Waals surface area contributed by atoms with Gasteiger partial charge in [-0.15, -0.1) is 0 Å². The number of rotatable bonds is 5. The molecule has 4 rings (SSSR count). The summed E-state index contributed by atoms with van der Waals surface area (Å²) < 4.78 is 5.92. The second kappa shape index (κ2) is 8.53. The van der Waals surface area contributed by atoms with Crippen LogP contribution in [0.5, 0.6) is 0 Å². The molecule has 0 aliphatic carbocycles. The second-order valence-electron chi connectivity index (χ2n) is 7.52. The van der Waals surface area contributed by atoms with Crippen LogP contribution in [-0.2, 0) is 17.6 Å². The van der Waals surface area contributed by atoms with E-state index in [1.54, 1.807) is 0 Å². The predicted molar refractivity (Wildman–Crippen MR) is 114 cm³/mol. The van der Waals surface area contributed by atoms with Gasteiger partial charge in [-0.1, -0.05) is 31.0 Å². The fraction of sp³-hybridized carbons (Fsp3) is 0.524. The number of ether oxygens (including phenoxy) is 1. The van der Waals surface area contributed by atoms with Gasteiger partial charge in [-0.3, -0.25) is 0 Å². The van der Waals surface area contributed by atoms with E-state index in [0.29, 0.717) is 12.6 Å². The molecule has 150 valence electrons. The van der Waals surface area contributed by atoms with Gasteiger partial charge in [-0.2, -0.15) is 4.98 Å². The van der Waals surface area contributed by atoms with Crippen LogP contribution in [0.2, 0.25) is 5.02 Å². The third-order valence-electron chi connectivity index (χ3n) is 5.49. The molecular formula is C21H28ClN5O. The number of aryl methyl sites for hydroxylation is 1. The fourth-order valence-corrected chi connectivity index (χ4v) is 4.33. The molecule has 2 aromatic rings. The molecule has 7 heteroatoms. The molecule has 28 heavy (non-hydrogen) atoms. The first-order valence-electron chi connectivity index (χ1n) is 10.2. The van der Waals surface area contributed by atoms with E-state index < -0.39 is 0 Å². The Morgan fingerprint density at radius 2 is 2.21 bits per heavy atom. The van der Waals surface area contributed by atoms with Gasteiger partial charge in [0.05, 0.1) is 12.6 Å². The number of nitrogens with zero attached hydrogens (tertiary/aromatic N) is 3. The predicted octanol–water partition coefficient (Wildman–Crippen LogP) is 3.99. The summed E-state index contributed by atoms with van der Waals surface area (Å²) in [5.41, 5.74) is 10.6. The van der Waals surface area contributed by atoms with Gasteiger partial charge in [0, 0.05) is 42.2 Å². The number of nitrogens with two attached hydrogens (primary N) is 1. The average Bonchev–Trinajstić information content (AvgIpc) is 2.99. The summed E-state index contributed by atoms with van der Waals surface area (Å²) in [5, 5.41) is 4.16. The molecule has 6 nitrogen and oxygen atoms in total. The minimum atomic E-state index is 0.00854. The molecule has 1 atom stereocenters. The molecule has 0 amide bonds. The Kier molecular flexibility index (Phi) is 5.87. The van der Waals surface area contributed by atoms with E-state index in [1.807, 2.05) is 6.07 Å². The first-order chi connectivity index (χ1) is 13.7. The van der Waals surface area contributed by atoms with Crippen molar-refractivity contribution in [3.63, 3.8) is 0 Å². The quantitative estimate of drug-likeness (QED) is 0.788. The summed E-state index contributed by atoms with van der Waals surface area (Å²) in [6, 6.07) is 6.36. The molecule has 0 radical (unpaired) electrons. The second-order valence-corrected chi connectivity index (χ2v) is 7.93. The van der Waals surface area contributed by atoms with Crippen molar-refractivity contribution in [3.8, 4) is 0 Å². The van der Waals surface area contributed by atoms with Crippen molar-refractivity contribution in [2.24, 2.45) is 0 Å². The van der Waals surface area contributed by atoms with E-state index in [1.165, 1.54) is 5.56 Å². The highest BCUT2D eigenvalue weighted by molar-refractivity contribution is 6.31. The smallest absolute Gasteiger partial charge is 0.222 e. The number of aromatic nitrogens is 2. The average molecular weight is 402 g/mol. The summed E-state index contributed by atoms with van der Waals surface area (Å²) in [6.07, 6.45) is 5.09. The Balaban J connectivity index is 1.71. The number of hydrogen-bond donors (Lipinski definition) is 2. The van der Waals surface area contributed by atoms with E-state index in [-0.39, 0.29) is 6.04 Å². The van der Waals surface area contributed by atoms with Crippen molar-refractivity contribution in [3.05, 3.63) is 40.0 Å². The van der Waals surface area contributed by atoms with Crippen molar-refractivity contribution in [1.82, 2.24) is 9.97 Å². The summed E-state index contributed by atoms with van der Waals surface area (Å²) in [4.78, 5) is 11.3. The standard InChI is InChI=1S/C21H28ClN5O/c1-2-3-5-15-11-20(26-21(23)25-15)27-8-4-9-28-13-19(27)16-10-14-6-7-24-18(14)12-17(16)22/h10-12,19,24H,2-9,13H2,1H3,(H2,23,25,26). The molecule has 1 saturated heterocycles. The van der Waals surface area contributed by atoms with Gasteiger partial charge in [-0.25, -0.2) is 4.98 Å². The van der Waals surface area contributed by atoms with Crippen LogP contribution in [0.25, 0.3) is 0 Å². The van der Waals surface area contributed by atoms with Crippen LogP contribution >= 0.6 is 11.6 Å². The molecular weight excluding hydrogens is 374 g/mol. The highest BCUT2D eigenvalue weighted by Gasteiger charge is 2.28. The minimum Gasteiger partial charge on any atom is -0.384 e. The summed E-state index contributed by atoms with van der Waals surface area (Å²) >= 11 is 6.70. The zero-order valence-electron chi connectivity index (χ0n) is 16.4. The normalized spacial score (nSPS) is 19.2. The van der Waals surface area contributed by atoms with E-state index in [4.69, 9.17) is 22.1 Å². The van der Waals surface area contributed by atoms with E-state index in [0.717, 1.165) is 79.6 Å². The van der Waals surface area contributed by atoms with Crippen LogP contribution in [0.4, 0.5) is 17.5 Å². The van der Waals surface area contributed by atoms with Gasteiger partial charge in [0.15, 0.2) is 0 Å². The zero-order valence-corrected chi connectivity index (χ0v) is 17.1. The Bertz CT molecular complexity index is 844. The Labute approximate surface area is 171 Å². The van der Waals surface area contributed by atoms with Crippen LogP contribution in [-0.4, -0.2) is 36.3 Å². The SMILES string of the molecule is CCCCc1cc(N2CCCOCC2c2cc3c(cc2Cl)NCC3)nc(N)n1. The largest absolute Gasteiger partial charge is 0.384 e. The summed E-state index contributed by atoms with van der Waals surface area (Å²) in [5.74, 6) is 1.19. The van der Waals surface area contributed by atoms with Gasteiger partial charge in [0.1, 0.15) is 5.82 Å². The first-order valence-corrected chi connectivity index (χ1v) is 10.6. The highest BCUT2D eigenvalue weighted by Crippen LogP contribution is 2.37. The molecule has 0 spiro atoms. The number of anilines is 3. The maximum absolute atomic E-state index is 6.70. The van der Waals surface area contributed by atoms with Crippen LogP contribution in [0.3, 0.4) is 0 Å². The number of nitrogens with one attached hydrogen (secondary N) is 1. The number of unbranched alkanes of at least 4 members (excludes halogenated alkanes) is 1. The molecule has 3 N–H and O–H groups in total. The summed E-state index contributed by atoms with van der Waals surface area (Å²) in [7, 11) is 0. The lowest BCUT2D eigenvalue weighted by molar-refractivity contribution is 0.134. The van der Waals surface area contributed by atoms with Crippen molar-refractivity contribution >= 4 is 29.1 Å². The molecule has 0 saturated carbocycles. The number of benzene rings is 1. The van der Waals surface area contributed by atoms with E-state index in [2.05, 4.69) is 39.2 Å². The van der Waals surface area contributed by atoms with Crippen LogP contribution in [0, 0.1) is 0 Å². The van der Waals surface area contributed by atoms with Gasteiger partial charge in [0.25, 0.3) is 0 Å². The number of nitrogen functional groups attached to an aromatic ring is 1. The molecule has 1 aromatic heterocycles. The maximum atomic E-state index is 6.70. The Hall–Kier alpha value is -2.05. The van der Waals surface area contributed by atoms with E-state index >= 15 is 0 Å². The van der Waals surface area contributed by atoms with Gasteiger partial charge < -0.3 is 20.7 Å². The lowest BCUT2D eigenvalue weighted by atomic mass is 10.0. The topological polar surface area (TPSA) is 76.3 Å². The Morgan fingerprint density at radius 1 is 1.32 bits per heavy atom. The lowest BCUT2D eigenvalue weighted by Crippen LogP contribution is -2.32. The third-order valence-corrected chi connectivity index (χ3v) is 5.82. The van der Waals surface area contributed by atoms with Crippen molar-refractivity contribution in [2.75, 3.05) is 42.3 Å². The molecule has 3 heterocycles. The van der Waals surface area contributed by atoms with Crippen LogP contribution in [0.15, 0.2) is 18.2 Å².